The zero-order valence-electron chi connectivity index (χ0n) is 19.7. The molecule has 0 saturated heterocycles. The van der Waals surface area contributed by atoms with Crippen molar-refractivity contribution < 1.29 is 39.7 Å². The van der Waals surface area contributed by atoms with Crippen molar-refractivity contribution in [2.45, 2.75) is 0 Å². The number of nitrogens with zero attached hydrogens (tertiary/aromatic N) is 6. The standard InChI is InChI=1S/2C6H18N3P.4CO.Mo/c2*1-7(2)10(8(3)4)9(5)6;4*1-2;/h2*1-6H3;;;;;/p+2. The van der Waals surface area contributed by atoms with Gasteiger partial charge in [0.05, 0.1) is 0 Å². The van der Waals surface area contributed by atoms with Gasteiger partial charge in [-0.05, 0) is 0 Å². The van der Waals surface area contributed by atoms with E-state index in [0.717, 1.165) is 0 Å². The van der Waals surface area contributed by atoms with Gasteiger partial charge in [-0.25, -0.2) is 0 Å². The first-order valence-electron chi connectivity index (χ1n) is 7.52. The van der Waals surface area contributed by atoms with Crippen LogP contribution in [0.4, 0.5) is 0 Å². The molecule has 0 aromatic carbocycles. The van der Waals surface area contributed by atoms with Gasteiger partial charge in [0.15, 0.2) is 0 Å². The summed E-state index contributed by atoms with van der Waals surface area (Å²) in [4.78, 5) is 0. The van der Waals surface area contributed by atoms with Crippen molar-refractivity contribution in [3.8, 4) is 0 Å². The van der Waals surface area contributed by atoms with Crippen molar-refractivity contribution in [2.75, 3.05) is 84.6 Å². The fourth-order valence-corrected chi connectivity index (χ4v) is 7.20. The van der Waals surface area contributed by atoms with Crippen LogP contribution in [0, 0.1) is 26.6 Å². The third kappa shape index (κ3) is 33.1. The van der Waals surface area contributed by atoms with Gasteiger partial charge in [-0.2, -0.15) is 28.0 Å². The fraction of sp³-hybridized carbons (Fsp3) is 0.750. The third-order valence-corrected chi connectivity index (χ3v) is 7.20. The zero-order chi connectivity index (χ0) is 24.6. The van der Waals surface area contributed by atoms with Crippen LogP contribution in [0.2, 0.25) is 0 Å². The Hall–Kier alpha value is 0.268. The topological polar surface area (TPSA) is 99.0 Å². The summed E-state index contributed by atoms with van der Waals surface area (Å²) < 4.78 is 43.6. The summed E-state index contributed by atoms with van der Waals surface area (Å²) in [6, 6.07) is 0. The van der Waals surface area contributed by atoms with Gasteiger partial charge in [-0.1, -0.05) is 0 Å². The molecule has 0 amide bonds. The maximum Gasteiger partial charge on any atom is 0 e. The van der Waals surface area contributed by atoms with E-state index in [-0.39, 0.29) is 21.1 Å². The molecule has 0 radical (unpaired) electrons. The molecule has 0 saturated carbocycles. The summed E-state index contributed by atoms with van der Waals surface area (Å²) in [5, 5.41) is 0. The van der Waals surface area contributed by atoms with Crippen molar-refractivity contribution in [2.24, 2.45) is 0 Å². The van der Waals surface area contributed by atoms with Gasteiger partial charge in [-0.3, -0.25) is 0 Å². The molecule has 0 unspecified atom stereocenters. The predicted octanol–water partition coefficient (Wildman–Crippen LogP) is 1.11. The predicted molar refractivity (Wildman–Crippen MR) is 114 cm³/mol. The van der Waals surface area contributed by atoms with Gasteiger partial charge in [0.2, 0.25) is 16.7 Å². The van der Waals surface area contributed by atoms with Crippen molar-refractivity contribution in [1.29, 1.82) is 0 Å². The molecule has 0 aliphatic carbocycles. The molecule has 10 nitrogen and oxygen atoms in total. The molecule has 0 aromatic heterocycles. The second kappa shape index (κ2) is 35.7. The Kier molecular flexibility index (Phi) is 58.0. The van der Waals surface area contributed by atoms with E-state index < -0.39 is 16.7 Å². The Labute approximate surface area is 195 Å². The van der Waals surface area contributed by atoms with E-state index in [0.29, 0.717) is 0 Å². The summed E-state index contributed by atoms with van der Waals surface area (Å²) in [5.74, 6) is 0. The van der Waals surface area contributed by atoms with E-state index in [1.165, 1.54) is 0 Å². The van der Waals surface area contributed by atoms with Crippen LogP contribution in [-0.2, 0) is 39.7 Å². The first kappa shape index (κ1) is 47.2. The summed E-state index contributed by atoms with van der Waals surface area (Å²) in [6.45, 7) is 18.0. The first-order chi connectivity index (χ1) is 12.9. The van der Waals surface area contributed by atoms with Crippen LogP contribution in [0.1, 0.15) is 0 Å². The summed E-state index contributed by atoms with van der Waals surface area (Å²) >= 11 is 0. The van der Waals surface area contributed by atoms with Gasteiger partial charge < -0.3 is 0 Å². The second-order valence-corrected chi connectivity index (χ2v) is 12.5. The second-order valence-electron chi connectivity index (χ2n) is 5.97. The molecule has 0 rings (SSSR count). The Morgan fingerprint density at radius 1 is 0.345 bits per heavy atom. The maximum atomic E-state index is 7.50. The third-order valence-electron chi connectivity index (χ3n) is 2.40. The van der Waals surface area contributed by atoms with Crippen LogP contribution in [0.3, 0.4) is 0 Å². The van der Waals surface area contributed by atoms with Gasteiger partial charge in [0, 0.05) is 106 Å². The monoisotopic (exact) mass is 538 g/mol. The summed E-state index contributed by atoms with van der Waals surface area (Å²) in [6.07, 6.45) is 0. The van der Waals surface area contributed by atoms with Crippen molar-refractivity contribution in [3.63, 3.8) is 0 Å². The van der Waals surface area contributed by atoms with Crippen LogP contribution in [-0.4, -0.2) is 113 Å². The summed E-state index contributed by atoms with van der Waals surface area (Å²) in [7, 11) is 24.2. The van der Waals surface area contributed by atoms with E-state index in [9.17, 15) is 0 Å². The molecule has 29 heavy (non-hydrogen) atoms. The smallest absolute Gasteiger partial charge is 0 e. The molecule has 0 aliphatic rings. The van der Waals surface area contributed by atoms with Crippen LogP contribution in [0.25, 0.3) is 0 Å². The summed E-state index contributed by atoms with van der Waals surface area (Å²) in [5.41, 5.74) is 0. The maximum absolute atomic E-state index is 7.50. The van der Waals surface area contributed by atoms with E-state index in [4.69, 9.17) is 18.6 Å². The van der Waals surface area contributed by atoms with Crippen molar-refractivity contribution >= 4 is 16.7 Å². The van der Waals surface area contributed by atoms with E-state index in [2.05, 4.69) is 139 Å². The molecule has 0 atom stereocenters. The minimum atomic E-state index is -0.596. The van der Waals surface area contributed by atoms with Gasteiger partial charge in [0.25, 0.3) is 0 Å². The van der Waals surface area contributed by atoms with E-state index in [1.54, 1.807) is 0 Å². The Morgan fingerprint density at radius 2 is 0.414 bits per heavy atom. The zero-order valence-corrected chi connectivity index (χ0v) is 23.7. The number of hydrogen-bond acceptors (Lipinski definition) is 6. The number of rotatable bonds is 6. The van der Waals surface area contributed by atoms with Crippen LogP contribution in [0.15, 0.2) is 0 Å². The molecular weight excluding hydrogens is 498 g/mol. The van der Waals surface area contributed by atoms with Crippen LogP contribution < -0.4 is 0 Å². The van der Waals surface area contributed by atoms with E-state index in [1.807, 2.05) is 0 Å². The van der Waals surface area contributed by atoms with Gasteiger partial charge in [-0.15, -0.1) is 0 Å². The molecule has 0 aliphatic heterocycles. The average molecular weight is 536 g/mol. The average Bonchev–Trinajstić information content (AvgIpc) is 2.60. The van der Waals surface area contributed by atoms with Gasteiger partial charge >= 0.3 is 45.2 Å². The quantitative estimate of drug-likeness (QED) is 0.218. The molecule has 0 heterocycles. The fourth-order valence-electron chi connectivity index (χ4n) is 2.40. The molecule has 0 N–H and O–H groups in total. The molecular formula is C16H38MoN6O4P2+2. The Bertz CT molecular complexity index is 307. The molecule has 13 heteroatoms. The Morgan fingerprint density at radius 3 is 0.414 bits per heavy atom. The first-order valence-corrected chi connectivity index (χ1v) is 10.2. The molecule has 0 spiro atoms. The van der Waals surface area contributed by atoms with Crippen molar-refractivity contribution in [1.82, 2.24) is 28.0 Å². The molecule has 0 fully saturated rings. The SMILES string of the molecule is CN(C)[PH+](N(C)C)N(C)C.CN(C)[PH+](N(C)C)N(C)C.[C-]#[O+].[C-]#[O+].[C-]#[O+].[C-]#[O+].[Mo]. The molecule has 0 bridgehead atoms. The largest absolute Gasteiger partial charge is 0 e. The molecule has 170 valence electrons. The minimum Gasteiger partial charge on any atom is 0 e. The van der Waals surface area contributed by atoms with Gasteiger partial charge in [0.1, 0.15) is 0 Å². The molecule has 0 aromatic rings. The minimum absolute atomic E-state index is 0. The van der Waals surface area contributed by atoms with Crippen molar-refractivity contribution in [3.05, 3.63) is 26.6 Å². The van der Waals surface area contributed by atoms with E-state index >= 15 is 0 Å². The van der Waals surface area contributed by atoms with Crippen LogP contribution in [0.5, 0.6) is 0 Å². The van der Waals surface area contributed by atoms with Crippen LogP contribution >= 0.6 is 16.7 Å². The number of hydrogen-bond donors (Lipinski definition) is 0. The normalized spacial score (nSPS) is 8.97. The Balaban J connectivity index is -0.0000000482.